The van der Waals surface area contributed by atoms with Gasteiger partial charge in [-0.15, -0.1) is 0 Å². The summed E-state index contributed by atoms with van der Waals surface area (Å²) in [4.78, 5) is -0.105. The lowest BCUT2D eigenvalue weighted by Gasteiger charge is -2.12. The van der Waals surface area contributed by atoms with Gasteiger partial charge in [0.25, 0.3) is 0 Å². The Hall–Kier alpha value is -1.14. The number of hydrogen-bond acceptors (Lipinski definition) is 2. The van der Waals surface area contributed by atoms with Crippen LogP contribution in [-0.2, 0) is 0 Å². The minimum atomic E-state index is -0.861. The molecule has 2 aromatic carbocycles. The number of rotatable bonds is 3. The fourth-order valence-electron chi connectivity index (χ4n) is 1.59. The normalized spacial score (nSPS) is 10.5. The van der Waals surface area contributed by atoms with Crippen molar-refractivity contribution in [3.05, 3.63) is 56.5 Å². The molecule has 0 heterocycles. The third-order valence-corrected chi connectivity index (χ3v) is 3.87. The number of benzene rings is 2. The number of halogens is 5. The molecule has 0 unspecified atom stereocenters. The highest BCUT2D eigenvalue weighted by molar-refractivity contribution is 7.80. The van der Waals surface area contributed by atoms with E-state index in [0.717, 1.165) is 12.1 Å². The lowest BCUT2D eigenvalue weighted by atomic mass is 10.1. The van der Waals surface area contributed by atoms with Gasteiger partial charge >= 0.3 is 0 Å². The Bertz CT molecular complexity index is 715. The van der Waals surface area contributed by atoms with Crippen molar-refractivity contribution in [3.8, 4) is 0 Å². The summed E-state index contributed by atoms with van der Waals surface area (Å²) in [5.41, 5.74) is 5.25. The molecule has 0 amide bonds. The van der Waals surface area contributed by atoms with Gasteiger partial charge in [0.2, 0.25) is 0 Å². The van der Waals surface area contributed by atoms with Gasteiger partial charge in [0.1, 0.15) is 22.3 Å². The van der Waals surface area contributed by atoms with E-state index in [1.54, 1.807) is 0 Å². The average molecular weight is 368 g/mol. The fraction of sp³-hybridized carbons (Fsp3) is 0. The monoisotopic (exact) mass is 366 g/mol. The van der Waals surface area contributed by atoms with E-state index in [2.05, 4.69) is 17.5 Å². The predicted molar refractivity (Wildman–Crippen MR) is 87.0 cm³/mol. The Morgan fingerprint density at radius 2 is 1.48 bits per heavy atom. The van der Waals surface area contributed by atoms with Crippen molar-refractivity contribution in [1.29, 1.82) is 0 Å². The smallest absolute Gasteiger partial charge is 0.150 e. The van der Waals surface area contributed by atoms with Crippen LogP contribution in [0, 0.1) is 11.6 Å². The van der Waals surface area contributed by atoms with Crippen molar-refractivity contribution in [3.63, 3.8) is 0 Å². The zero-order valence-electron chi connectivity index (χ0n) is 10.2. The third-order valence-electron chi connectivity index (χ3n) is 2.60. The van der Waals surface area contributed by atoms with Gasteiger partial charge in [-0.05, 0) is 24.3 Å². The summed E-state index contributed by atoms with van der Waals surface area (Å²) in [6.45, 7) is 0. The minimum absolute atomic E-state index is 0.0887. The molecule has 0 atom stereocenters. The van der Waals surface area contributed by atoms with E-state index in [-0.39, 0.29) is 31.3 Å². The Kier molecular flexibility index (Phi) is 4.88. The zero-order valence-corrected chi connectivity index (χ0v) is 13.3. The van der Waals surface area contributed by atoms with Crippen LogP contribution in [-0.4, -0.2) is 4.99 Å². The lowest BCUT2D eigenvalue weighted by Crippen LogP contribution is -2.11. The van der Waals surface area contributed by atoms with Gasteiger partial charge in [0.15, 0.2) is 0 Å². The largest absolute Gasteiger partial charge is 0.389 e. The molecule has 0 saturated heterocycles. The first-order valence-electron chi connectivity index (χ1n) is 5.50. The van der Waals surface area contributed by atoms with Crippen molar-refractivity contribution < 1.29 is 8.78 Å². The van der Waals surface area contributed by atoms with Crippen molar-refractivity contribution in [2.75, 3.05) is 5.32 Å². The van der Waals surface area contributed by atoms with E-state index in [1.807, 2.05) is 0 Å². The second-order valence-corrected chi connectivity index (χ2v) is 5.71. The van der Waals surface area contributed by atoms with Crippen LogP contribution in [0.4, 0.5) is 20.2 Å². The van der Waals surface area contributed by atoms with Crippen molar-refractivity contribution in [2.24, 2.45) is 5.73 Å². The molecule has 0 fully saturated rings. The van der Waals surface area contributed by atoms with Crippen LogP contribution in [0.5, 0.6) is 0 Å². The van der Waals surface area contributed by atoms with Crippen LogP contribution in [0.2, 0.25) is 15.1 Å². The maximum Gasteiger partial charge on any atom is 0.150 e. The molecule has 0 aliphatic rings. The summed E-state index contributed by atoms with van der Waals surface area (Å²) >= 11 is 22.3. The summed E-state index contributed by atoms with van der Waals surface area (Å²) in [6.07, 6.45) is 0. The zero-order chi connectivity index (χ0) is 15.7. The van der Waals surface area contributed by atoms with E-state index in [0.29, 0.717) is 0 Å². The maximum atomic E-state index is 13.9. The number of anilines is 2. The Morgan fingerprint density at radius 1 is 0.952 bits per heavy atom. The summed E-state index contributed by atoms with van der Waals surface area (Å²) in [7, 11) is 0. The number of thiocarbonyl (C=S) groups is 1. The number of hydrogen-bond donors (Lipinski definition) is 2. The van der Waals surface area contributed by atoms with Crippen molar-refractivity contribution in [1.82, 2.24) is 0 Å². The van der Waals surface area contributed by atoms with Crippen LogP contribution in [0.25, 0.3) is 0 Å². The molecule has 0 saturated carbocycles. The molecule has 2 aromatic rings. The van der Waals surface area contributed by atoms with Crippen LogP contribution in [0.1, 0.15) is 5.56 Å². The molecular formula is C13H7Cl3F2N2S. The highest BCUT2D eigenvalue weighted by atomic mass is 35.5. The van der Waals surface area contributed by atoms with E-state index in [4.69, 9.17) is 40.5 Å². The molecule has 110 valence electrons. The van der Waals surface area contributed by atoms with Crippen molar-refractivity contribution in [2.45, 2.75) is 0 Å². The number of nitrogens with two attached hydrogens (primary N) is 1. The molecule has 3 N–H and O–H groups in total. The van der Waals surface area contributed by atoms with E-state index in [9.17, 15) is 8.78 Å². The van der Waals surface area contributed by atoms with Crippen molar-refractivity contribution >= 4 is 63.4 Å². The first-order valence-corrected chi connectivity index (χ1v) is 7.04. The molecule has 8 heteroatoms. The Morgan fingerprint density at radius 3 is 2.00 bits per heavy atom. The number of nitrogens with one attached hydrogen (secondary N) is 1. The first kappa shape index (κ1) is 16.2. The SMILES string of the molecule is NC(=S)c1cc(F)c(Nc2cc(Cl)c(Cl)cc2Cl)c(F)c1. The quantitative estimate of drug-likeness (QED) is 0.571. The standard InChI is InChI=1S/C13H7Cl3F2N2S/c14-6-3-8(16)11(4-7(6)15)20-12-9(17)1-5(13(19)21)2-10(12)18/h1-4,20H,(H2,19,21). The molecule has 0 spiro atoms. The highest BCUT2D eigenvalue weighted by Crippen LogP contribution is 2.35. The van der Waals surface area contributed by atoms with E-state index in [1.165, 1.54) is 12.1 Å². The van der Waals surface area contributed by atoms with Gasteiger partial charge in [-0.1, -0.05) is 47.0 Å². The fourth-order valence-corrected chi connectivity index (χ4v) is 2.30. The average Bonchev–Trinajstić information content (AvgIpc) is 2.39. The summed E-state index contributed by atoms with van der Waals surface area (Å²) in [5, 5.41) is 3.13. The van der Waals surface area contributed by atoms with Gasteiger partial charge in [-0.25, -0.2) is 8.78 Å². The minimum Gasteiger partial charge on any atom is -0.389 e. The summed E-state index contributed by atoms with van der Waals surface area (Å²) in [5.74, 6) is -1.72. The van der Waals surface area contributed by atoms with E-state index < -0.39 is 17.3 Å². The lowest BCUT2D eigenvalue weighted by molar-refractivity contribution is 0.590. The molecule has 2 rings (SSSR count). The summed E-state index contributed by atoms with van der Waals surface area (Å²) < 4.78 is 27.9. The van der Waals surface area contributed by atoms with Crippen LogP contribution in [0.3, 0.4) is 0 Å². The van der Waals surface area contributed by atoms with Gasteiger partial charge in [-0.2, -0.15) is 0 Å². The highest BCUT2D eigenvalue weighted by Gasteiger charge is 2.15. The van der Waals surface area contributed by atoms with E-state index >= 15 is 0 Å². The third kappa shape index (κ3) is 3.55. The maximum absolute atomic E-state index is 13.9. The van der Waals surface area contributed by atoms with Gasteiger partial charge < -0.3 is 11.1 Å². The van der Waals surface area contributed by atoms with Crippen LogP contribution < -0.4 is 11.1 Å². The molecule has 0 radical (unpaired) electrons. The molecule has 0 bridgehead atoms. The molecule has 0 aliphatic heterocycles. The van der Waals surface area contributed by atoms with Crippen LogP contribution >= 0.6 is 47.0 Å². The molecular weight excluding hydrogens is 361 g/mol. The molecule has 0 aromatic heterocycles. The second kappa shape index (κ2) is 6.32. The second-order valence-electron chi connectivity index (χ2n) is 4.05. The molecule has 0 aliphatic carbocycles. The summed E-state index contributed by atoms with van der Waals surface area (Å²) in [6, 6.07) is 4.79. The van der Waals surface area contributed by atoms with Gasteiger partial charge in [-0.3, -0.25) is 0 Å². The molecule has 21 heavy (non-hydrogen) atoms. The predicted octanol–water partition coefficient (Wildman–Crippen LogP) is 5.30. The van der Waals surface area contributed by atoms with Crippen LogP contribution in [0.15, 0.2) is 24.3 Å². The van der Waals surface area contributed by atoms with Gasteiger partial charge in [0.05, 0.1) is 20.8 Å². The molecule has 2 nitrogen and oxygen atoms in total. The Balaban J connectivity index is 2.45. The topological polar surface area (TPSA) is 38.0 Å². The van der Waals surface area contributed by atoms with Gasteiger partial charge in [0, 0.05) is 5.56 Å². The Labute approximate surface area is 139 Å². The first-order chi connectivity index (χ1) is 9.79.